The molecule has 112 valence electrons. The number of nitrogens with one attached hydrogen (secondary N) is 1. The smallest absolute Gasteiger partial charge is 0.0587 e. The summed E-state index contributed by atoms with van der Waals surface area (Å²) in [5, 5.41) is 3.37. The number of benzene rings is 1. The van der Waals surface area contributed by atoms with Gasteiger partial charge in [-0.3, -0.25) is 0 Å². The molecule has 3 heteroatoms. The van der Waals surface area contributed by atoms with Crippen molar-refractivity contribution in [2.45, 2.75) is 26.8 Å². The predicted octanol–water partition coefficient (Wildman–Crippen LogP) is 2.90. The molecule has 1 aliphatic rings. The normalized spacial score (nSPS) is 19.0. The number of methoxy groups -OCH3 is 1. The van der Waals surface area contributed by atoms with Gasteiger partial charge in [0.25, 0.3) is 0 Å². The minimum absolute atomic E-state index is 0.766. The molecule has 1 N–H and O–H groups in total. The van der Waals surface area contributed by atoms with Gasteiger partial charge in [-0.05, 0) is 36.0 Å². The van der Waals surface area contributed by atoms with Crippen LogP contribution in [0.5, 0.6) is 0 Å². The maximum atomic E-state index is 5.03. The highest BCUT2D eigenvalue weighted by Crippen LogP contribution is 2.28. The summed E-state index contributed by atoms with van der Waals surface area (Å²) >= 11 is 0. The van der Waals surface area contributed by atoms with E-state index in [9.17, 15) is 0 Å². The van der Waals surface area contributed by atoms with Gasteiger partial charge in [-0.2, -0.15) is 0 Å². The lowest BCUT2D eigenvalue weighted by molar-refractivity contribution is 0.199. The third kappa shape index (κ3) is 4.22. The molecule has 1 unspecified atom stereocenters. The van der Waals surface area contributed by atoms with E-state index >= 15 is 0 Å². The lowest BCUT2D eigenvalue weighted by Gasteiger charge is -2.20. The van der Waals surface area contributed by atoms with E-state index in [1.54, 1.807) is 7.11 Å². The van der Waals surface area contributed by atoms with Crippen molar-refractivity contribution in [3.8, 4) is 0 Å². The number of hydrogen-bond acceptors (Lipinski definition) is 3. The molecule has 1 atom stereocenters. The topological polar surface area (TPSA) is 24.5 Å². The number of hydrogen-bond donors (Lipinski definition) is 1. The highest BCUT2D eigenvalue weighted by atomic mass is 16.5. The van der Waals surface area contributed by atoms with Crippen LogP contribution in [0.3, 0.4) is 0 Å². The molecular weight excluding hydrogens is 248 g/mol. The van der Waals surface area contributed by atoms with Crippen LogP contribution in [0.15, 0.2) is 24.3 Å². The van der Waals surface area contributed by atoms with Crippen LogP contribution in [0, 0.1) is 11.8 Å². The Hall–Kier alpha value is -1.06. The minimum atomic E-state index is 0.766. The summed E-state index contributed by atoms with van der Waals surface area (Å²) in [6.45, 7) is 9.67. The quantitative estimate of drug-likeness (QED) is 0.775. The van der Waals surface area contributed by atoms with Gasteiger partial charge in [0.15, 0.2) is 0 Å². The predicted molar refractivity (Wildman–Crippen MR) is 85.2 cm³/mol. The van der Waals surface area contributed by atoms with Crippen molar-refractivity contribution >= 4 is 5.69 Å². The standard InChI is InChI=1S/C17H28N2O/c1-14(2)16-8-10-19(13-16)17-6-4-15(5-7-17)12-18-9-11-20-3/h4-7,14,16,18H,8-13H2,1-3H3. The Morgan fingerprint density at radius 2 is 2.05 bits per heavy atom. The van der Waals surface area contributed by atoms with Gasteiger partial charge < -0.3 is 15.0 Å². The van der Waals surface area contributed by atoms with Crippen molar-refractivity contribution < 1.29 is 4.74 Å². The van der Waals surface area contributed by atoms with Gasteiger partial charge >= 0.3 is 0 Å². The first-order valence-corrected chi connectivity index (χ1v) is 7.74. The zero-order chi connectivity index (χ0) is 14.4. The largest absolute Gasteiger partial charge is 0.383 e. The van der Waals surface area contributed by atoms with Crippen molar-refractivity contribution in [1.82, 2.24) is 5.32 Å². The first kappa shape index (κ1) is 15.3. The van der Waals surface area contributed by atoms with Crippen LogP contribution in [0.2, 0.25) is 0 Å². The molecule has 2 rings (SSSR count). The fourth-order valence-electron chi connectivity index (χ4n) is 2.80. The van der Waals surface area contributed by atoms with E-state index in [1.807, 2.05) is 0 Å². The summed E-state index contributed by atoms with van der Waals surface area (Å²) in [5.41, 5.74) is 2.71. The minimum Gasteiger partial charge on any atom is -0.383 e. The molecule has 20 heavy (non-hydrogen) atoms. The lowest BCUT2D eigenvalue weighted by Crippen LogP contribution is -2.21. The van der Waals surface area contributed by atoms with E-state index in [0.29, 0.717) is 0 Å². The van der Waals surface area contributed by atoms with Crippen LogP contribution >= 0.6 is 0 Å². The van der Waals surface area contributed by atoms with E-state index in [4.69, 9.17) is 4.74 Å². The molecule has 1 aliphatic heterocycles. The zero-order valence-corrected chi connectivity index (χ0v) is 13.1. The summed E-state index contributed by atoms with van der Waals surface area (Å²) in [5.74, 6) is 1.65. The Labute approximate surface area is 123 Å². The Morgan fingerprint density at radius 3 is 2.65 bits per heavy atom. The van der Waals surface area contributed by atoms with E-state index in [-0.39, 0.29) is 0 Å². The second kappa shape index (κ2) is 7.65. The summed E-state index contributed by atoms with van der Waals surface area (Å²) in [6, 6.07) is 8.99. The monoisotopic (exact) mass is 276 g/mol. The summed E-state index contributed by atoms with van der Waals surface area (Å²) in [6.07, 6.45) is 1.33. The lowest BCUT2D eigenvalue weighted by atomic mass is 9.95. The highest BCUT2D eigenvalue weighted by Gasteiger charge is 2.24. The van der Waals surface area contributed by atoms with E-state index in [0.717, 1.165) is 31.5 Å². The molecule has 0 radical (unpaired) electrons. The molecule has 3 nitrogen and oxygen atoms in total. The van der Waals surface area contributed by atoms with E-state index in [1.165, 1.54) is 30.8 Å². The molecule has 1 aromatic carbocycles. The van der Waals surface area contributed by atoms with Crippen LogP contribution in [-0.2, 0) is 11.3 Å². The second-order valence-corrected chi connectivity index (χ2v) is 6.07. The molecule has 0 saturated carbocycles. The van der Waals surface area contributed by atoms with Crippen LogP contribution in [-0.4, -0.2) is 33.4 Å². The molecule has 1 saturated heterocycles. The van der Waals surface area contributed by atoms with Crippen molar-refractivity contribution in [1.29, 1.82) is 0 Å². The van der Waals surface area contributed by atoms with Gasteiger partial charge in [0.05, 0.1) is 6.61 Å². The molecule has 0 aliphatic carbocycles. The summed E-state index contributed by atoms with van der Waals surface area (Å²) in [4.78, 5) is 2.52. The molecule has 1 fully saturated rings. The van der Waals surface area contributed by atoms with Crippen LogP contribution < -0.4 is 10.2 Å². The fourth-order valence-corrected chi connectivity index (χ4v) is 2.80. The van der Waals surface area contributed by atoms with Crippen molar-refractivity contribution in [3.63, 3.8) is 0 Å². The SMILES string of the molecule is COCCNCc1ccc(N2CCC(C(C)C)C2)cc1. The Kier molecular flexibility index (Phi) is 5.86. The van der Waals surface area contributed by atoms with Gasteiger partial charge in [0.2, 0.25) is 0 Å². The number of nitrogens with zero attached hydrogens (tertiary/aromatic N) is 1. The summed E-state index contributed by atoms with van der Waals surface area (Å²) in [7, 11) is 1.73. The van der Waals surface area contributed by atoms with E-state index in [2.05, 4.69) is 48.3 Å². The molecule has 1 heterocycles. The van der Waals surface area contributed by atoms with Gasteiger partial charge in [-0.25, -0.2) is 0 Å². The summed E-state index contributed by atoms with van der Waals surface area (Å²) < 4.78 is 5.03. The number of anilines is 1. The molecule has 0 spiro atoms. The van der Waals surface area contributed by atoms with E-state index < -0.39 is 0 Å². The number of rotatable bonds is 7. The Bertz CT molecular complexity index is 388. The molecular formula is C17H28N2O. The molecule has 0 aromatic heterocycles. The third-order valence-electron chi connectivity index (χ3n) is 4.28. The maximum Gasteiger partial charge on any atom is 0.0587 e. The van der Waals surface area contributed by atoms with Crippen molar-refractivity contribution in [2.24, 2.45) is 11.8 Å². The van der Waals surface area contributed by atoms with Gasteiger partial charge in [0, 0.05) is 39.0 Å². The van der Waals surface area contributed by atoms with Crippen LogP contribution in [0.25, 0.3) is 0 Å². The van der Waals surface area contributed by atoms with Crippen molar-refractivity contribution in [3.05, 3.63) is 29.8 Å². The molecule has 1 aromatic rings. The first-order chi connectivity index (χ1) is 9.70. The average molecular weight is 276 g/mol. The maximum absolute atomic E-state index is 5.03. The fraction of sp³-hybridized carbons (Fsp3) is 0.647. The zero-order valence-electron chi connectivity index (χ0n) is 13.1. The average Bonchev–Trinajstić information content (AvgIpc) is 2.94. The third-order valence-corrected chi connectivity index (χ3v) is 4.28. The molecule has 0 amide bonds. The molecule has 0 bridgehead atoms. The van der Waals surface area contributed by atoms with Gasteiger partial charge in [-0.15, -0.1) is 0 Å². The highest BCUT2D eigenvalue weighted by molar-refractivity contribution is 5.48. The Balaban J connectivity index is 1.82. The number of ether oxygens (including phenoxy) is 1. The van der Waals surface area contributed by atoms with Gasteiger partial charge in [0.1, 0.15) is 0 Å². The van der Waals surface area contributed by atoms with Crippen LogP contribution in [0.4, 0.5) is 5.69 Å². The Morgan fingerprint density at radius 1 is 1.30 bits per heavy atom. The van der Waals surface area contributed by atoms with Gasteiger partial charge in [-0.1, -0.05) is 26.0 Å². The first-order valence-electron chi connectivity index (χ1n) is 7.74. The second-order valence-electron chi connectivity index (χ2n) is 6.07. The van der Waals surface area contributed by atoms with Crippen LogP contribution in [0.1, 0.15) is 25.8 Å². The van der Waals surface area contributed by atoms with Crippen molar-refractivity contribution in [2.75, 3.05) is 38.3 Å².